The van der Waals surface area contributed by atoms with E-state index in [0.29, 0.717) is 32.0 Å². The van der Waals surface area contributed by atoms with Gasteiger partial charge in [0.05, 0.1) is 23.6 Å². The molecule has 1 unspecified atom stereocenters. The Morgan fingerprint density at radius 2 is 1.92 bits per heavy atom. The van der Waals surface area contributed by atoms with E-state index in [1.165, 1.54) is 29.5 Å². The van der Waals surface area contributed by atoms with Crippen molar-refractivity contribution >= 4 is 22.8 Å². The Balaban J connectivity index is 1.10. The number of rotatable bonds is 6. The number of aryl methyl sites for hydroxylation is 1. The number of imide groups is 1. The fourth-order valence-electron chi connectivity index (χ4n) is 5.91. The standard InChI is InChI=1S/C28H33N5O3/c1-31-24-8-3-2-7-23(24)29-26(31)17-32-13-5-4-6-21(32)18-36-22-10-9-19-15-33(16-20(19)14-22)25-11-12-27(34)30-28(25)35/h2-3,7-10,14,21,25H,4-6,11-13,15-18H2,1H3,(H,30,34,35)/t21-,25?/m1/s1. The van der Waals surface area contributed by atoms with Crippen molar-refractivity contribution in [1.29, 1.82) is 0 Å². The number of hydrogen-bond acceptors (Lipinski definition) is 6. The number of piperidine rings is 2. The van der Waals surface area contributed by atoms with E-state index in [2.05, 4.69) is 57.1 Å². The van der Waals surface area contributed by atoms with Gasteiger partial charge in [-0.15, -0.1) is 0 Å². The van der Waals surface area contributed by atoms with Crippen molar-refractivity contribution in [1.82, 2.24) is 24.7 Å². The van der Waals surface area contributed by atoms with Crippen molar-refractivity contribution in [3.8, 4) is 5.75 Å². The molecular weight excluding hydrogens is 454 g/mol. The molecule has 36 heavy (non-hydrogen) atoms. The fraction of sp³-hybridized carbons (Fsp3) is 0.464. The molecule has 0 radical (unpaired) electrons. The minimum Gasteiger partial charge on any atom is -0.492 e. The van der Waals surface area contributed by atoms with Crippen molar-refractivity contribution in [2.75, 3.05) is 13.2 Å². The minimum atomic E-state index is -0.238. The molecule has 3 aliphatic heterocycles. The molecule has 0 saturated carbocycles. The molecule has 4 heterocycles. The number of amides is 2. The Morgan fingerprint density at radius 1 is 1.06 bits per heavy atom. The van der Waals surface area contributed by atoms with Gasteiger partial charge in [-0.2, -0.15) is 0 Å². The number of benzene rings is 2. The van der Waals surface area contributed by atoms with E-state index in [1.807, 2.05) is 12.1 Å². The second-order valence-corrected chi connectivity index (χ2v) is 10.3. The molecular formula is C28H33N5O3. The van der Waals surface area contributed by atoms with Crippen LogP contribution in [0.15, 0.2) is 42.5 Å². The molecule has 2 fully saturated rings. The quantitative estimate of drug-likeness (QED) is 0.538. The lowest BCUT2D eigenvalue weighted by Gasteiger charge is -2.35. The summed E-state index contributed by atoms with van der Waals surface area (Å²) in [6.45, 7) is 3.98. The highest BCUT2D eigenvalue weighted by molar-refractivity contribution is 6.00. The summed E-state index contributed by atoms with van der Waals surface area (Å²) in [7, 11) is 2.10. The monoisotopic (exact) mass is 487 g/mol. The average Bonchev–Trinajstić information content (AvgIpc) is 3.44. The van der Waals surface area contributed by atoms with Crippen molar-refractivity contribution in [2.24, 2.45) is 7.05 Å². The zero-order valence-corrected chi connectivity index (χ0v) is 20.8. The molecule has 2 atom stereocenters. The first-order valence-electron chi connectivity index (χ1n) is 13.0. The molecule has 1 aromatic heterocycles. The van der Waals surface area contributed by atoms with Crippen molar-refractivity contribution in [2.45, 2.75) is 63.8 Å². The predicted molar refractivity (Wildman–Crippen MR) is 136 cm³/mol. The molecule has 2 saturated heterocycles. The number of nitrogens with zero attached hydrogens (tertiary/aromatic N) is 4. The van der Waals surface area contributed by atoms with E-state index in [9.17, 15) is 9.59 Å². The molecule has 8 heteroatoms. The van der Waals surface area contributed by atoms with Gasteiger partial charge < -0.3 is 9.30 Å². The maximum absolute atomic E-state index is 12.3. The Labute approximate surface area is 211 Å². The Bertz CT molecular complexity index is 1300. The van der Waals surface area contributed by atoms with Crippen LogP contribution < -0.4 is 10.1 Å². The summed E-state index contributed by atoms with van der Waals surface area (Å²) >= 11 is 0. The molecule has 6 rings (SSSR count). The summed E-state index contributed by atoms with van der Waals surface area (Å²) in [5.41, 5.74) is 4.65. The first kappa shape index (κ1) is 23.2. The zero-order chi connectivity index (χ0) is 24.6. The second-order valence-electron chi connectivity index (χ2n) is 10.3. The van der Waals surface area contributed by atoms with Gasteiger partial charge in [0.1, 0.15) is 18.2 Å². The first-order valence-corrected chi connectivity index (χ1v) is 13.0. The lowest BCUT2D eigenvalue weighted by atomic mass is 10.0. The largest absolute Gasteiger partial charge is 0.492 e. The molecule has 2 amide bonds. The van der Waals surface area contributed by atoms with Gasteiger partial charge in [-0.1, -0.05) is 24.6 Å². The summed E-state index contributed by atoms with van der Waals surface area (Å²) < 4.78 is 8.54. The van der Waals surface area contributed by atoms with Gasteiger partial charge in [0.15, 0.2) is 0 Å². The first-order chi connectivity index (χ1) is 17.5. The third kappa shape index (κ3) is 4.51. The molecule has 0 spiro atoms. The predicted octanol–water partition coefficient (Wildman–Crippen LogP) is 3.13. The van der Waals surface area contributed by atoms with Crippen LogP contribution in [0.25, 0.3) is 11.0 Å². The number of nitrogens with one attached hydrogen (secondary N) is 1. The highest BCUT2D eigenvalue weighted by atomic mass is 16.5. The normalized spacial score (nSPS) is 23.1. The molecule has 0 aliphatic carbocycles. The molecule has 2 aromatic carbocycles. The summed E-state index contributed by atoms with van der Waals surface area (Å²) in [4.78, 5) is 33.4. The summed E-state index contributed by atoms with van der Waals surface area (Å²) in [5, 5.41) is 2.48. The van der Waals surface area contributed by atoms with Crippen LogP contribution in [-0.4, -0.2) is 56.4 Å². The van der Waals surface area contributed by atoms with Gasteiger partial charge in [0.2, 0.25) is 11.8 Å². The fourth-order valence-corrected chi connectivity index (χ4v) is 5.91. The Morgan fingerprint density at radius 3 is 2.78 bits per heavy atom. The van der Waals surface area contributed by atoms with Crippen LogP contribution in [0.4, 0.5) is 0 Å². The highest BCUT2D eigenvalue weighted by Gasteiger charge is 2.35. The lowest BCUT2D eigenvalue weighted by molar-refractivity contribution is -0.137. The number of aromatic nitrogens is 2. The van der Waals surface area contributed by atoms with E-state index in [0.717, 1.165) is 43.1 Å². The number of carbonyl (C=O) groups excluding carboxylic acids is 2. The maximum atomic E-state index is 12.3. The molecule has 1 N–H and O–H groups in total. The third-order valence-electron chi connectivity index (χ3n) is 7.99. The number of para-hydroxylation sites is 2. The molecule has 3 aliphatic rings. The second kappa shape index (κ2) is 9.67. The number of fused-ring (bicyclic) bond motifs is 2. The number of ether oxygens (including phenoxy) is 1. The van der Waals surface area contributed by atoms with E-state index in [4.69, 9.17) is 9.72 Å². The van der Waals surface area contributed by atoms with Crippen LogP contribution >= 0.6 is 0 Å². The van der Waals surface area contributed by atoms with Gasteiger partial charge in [-0.05, 0) is 61.2 Å². The Kier molecular flexibility index (Phi) is 6.23. The van der Waals surface area contributed by atoms with Crippen LogP contribution in [0.3, 0.4) is 0 Å². The van der Waals surface area contributed by atoms with Gasteiger partial charge in [-0.25, -0.2) is 4.98 Å². The number of likely N-dealkylation sites (tertiary alicyclic amines) is 1. The van der Waals surface area contributed by atoms with Gasteiger partial charge >= 0.3 is 0 Å². The van der Waals surface area contributed by atoms with Crippen LogP contribution in [0.5, 0.6) is 5.75 Å². The maximum Gasteiger partial charge on any atom is 0.243 e. The van der Waals surface area contributed by atoms with Crippen LogP contribution in [-0.2, 0) is 36.3 Å². The number of imidazole rings is 1. The topological polar surface area (TPSA) is 79.7 Å². The van der Waals surface area contributed by atoms with E-state index in [1.54, 1.807) is 0 Å². The van der Waals surface area contributed by atoms with E-state index < -0.39 is 0 Å². The summed E-state index contributed by atoms with van der Waals surface area (Å²) in [6.07, 6.45) is 4.54. The van der Waals surface area contributed by atoms with Crippen LogP contribution in [0, 0.1) is 0 Å². The summed E-state index contributed by atoms with van der Waals surface area (Å²) in [6, 6.07) is 14.7. The highest BCUT2D eigenvalue weighted by Crippen LogP contribution is 2.30. The molecule has 3 aromatic rings. The lowest BCUT2D eigenvalue weighted by Crippen LogP contribution is -2.50. The van der Waals surface area contributed by atoms with E-state index in [-0.39, 0.29) is 17.9 Å². The third-order valence-corrected chi connectivity index (χ3v) is 7.99. The van der Waals surface area contributed by atoms with Crippen LogP contribution in [0.2, 0.25) is 0 Å². The molecule has 188 valence electrons. The van der Waals surface area contributed by atoms with Crippen LogP contribution in [0.1, 0.15) is 49.1 Å². The molecule has 8 nitrogen and oxygen atoms in total. The summed E-state index contributed by atoms with van der Waals surface area (Å²) in [5.74, 6) is 1.63. The molecule has 0 bridgehead atoms. The zero-order valence-electron chi connectivity index (χ0n) is 20.8. The Hall–Kier alpha value is -3.23. The SMILES string of the molecule is Cn1c(CN2CCCC[C@@H]2COc2ccc3c(c2)CN(C2CCC(=O)NC2=O)C3)nc2ccccc21. The van der Waals surface area contributed by atoms with Gasteiger partial charge in [0.25, 0.3) is 0 Å². The van der Waals surface area contributed by atoms with Crippen molar-refractivity contribution in [3.63, 3.8) is 0 Å². The van der Waals surface area contributed by atoms with E-state index >= 15 is 0 Å². The minimum absolute atomic E-state index is 0.170. The van der Waals surface area contributed by atoms with Gasteiger partial charge in [-0.3, -0.25) is 24.7 Å². The van der Waals surface area contributed by atoms with Crippen molar-refractivity contribution in [3.05, 3.63) is 59.4 Å². The number of carbonyl (C=O) groups is 2. The average molecular weight is 488 g/mol. The van der Waals surface area contributed by atoms with Crippen molar-refractivity contribution < 1.29 is 14.3 Å². The number of hydrogen-bond donors (Lipinski definition) is 1. The smallest absolute Gasteiger partial charge is 0.243 e. The van der Waals surface area contributed by atoms with Gasteiger partial charge in [0, 0.05) is 32.6 Å².